The summed E-state index contributed by atoms with van der Waals surface area (Å²) >= 11 is 0. The summed E-state index contributed by atoms with van der Waals surface area (Å²) in [5, 5.41) is 10.6. The van der Waals surface area contributed by atoms with Crippen LogP contribution in [0.3, 0.4) is 0 Å². The molecule has 0 fully saturated rings. The Labute approximate surface area is 188 Å². The lowest BCUT2D eigenvalue weighted by Gasteiger charge is -2.11. The zero-order valence-electron chi connectivity index (χ0n) is 16.8. The van der Waals surface area contributed by atoms with Gasteiger partial charge in [-0.05, 0) is 49.6 Å². The fourth-order valence-electron chi connectivity index (χ4n) is 3.04. The third kappa shape index (κ3) is 6.77. The molecule has 0 aliphatic carbocycles. The number of carbonyl (C=O) groups excluding carboxylic acids is 1. The Kier molecular flexibility index (Phi) is 8.98. The van der Waals surface area contributed by atoms with E-state index in [9.17, 15) is 4.79 Å². The molecular formula is C22H28IN5O. The normalized spacial score (nSPS) is 11.0. The van der Waals surface area contributed by atoms with Crippen molar-refractivity contribution < 1.29 is 4.79 Å². The predicted molar refractivity (Wildman–Crippen MR) is 131 cm³/mol. The average Bonchev–Trinajstić information content (AvgIpc) is 3.09. The zero-order valence-corrected chi connectivity index (χ0v) is 19.1. The van der Waals surface area contributed by atoms with E-state index in [0.717, 1.165) is 30.7 Å². The number of nitrogens with one attached hydrogen (secondary N) is 4. The number of rotatable bonds is 7. The van der Waals surface area contributed by atoms with Gasteiger partial charge in [0.25, 0.3) is 0 Å². The minimum atomic E-state index is -0.143. The van der Waals surface area contributed by atoms with Crippen LogP contribution in [0.5, 0.6) is 0 Å². The minimum absolute atomic E-state index is 0. The van der Waals surface area contributed by atoms with Gasteiger partial charge in [-0.3, -0.25) is 4.79 Å². The number of halogens is 1. The third-order valence-electron chi connectivity index (χ3n) is 4.39. The number of guanidine groups is 1. The molecule has 0 aliphatic heterocycles. The molecule has 3 rings (SSSR count). The van der Waals surface area contributed by atoms with Crippen LogP contribution < -0.4 is 16.0 Å². The van der Waals surface area contributed by atoms with E-state index in [1.165, 1.54) is 16.5 Å². The number of fused-ring (bicyclic) bond motifs is 1. The van der Waals surface area contributed by atoms with Gasteiger partial charge in [-0.25, -0.2) is 4.99 Å². The monoisotopic (exact) mass is 505 g/mol. The molecule has 0 saturated heterocycles. The van der Waals surface area contributed by atoms with Crippen molar-refractivity contribution in [3.05, 3.63) is 65.9 Å². The molecule has 0 bridgehead atoms. The Bertz CT molecular complexity index is 952. The van der Waals surface area contributed by atoms with Crippen LogP contribution in [0.15, 0.2) is 59.7 Å². The molecule has 1 aromatic heterocycles. The fourth-order valence-corrected chi connectivity index (χ4v) is 3.04. The van der Waals surface area contributed by atoms with Crippen LogP contribution in [0.1, 0.15) is 18.1 Å². The topological polar surface area (TPSA) is 81.3 Å². The zero-order chi connectivity index (χ0) is 19.8. The van der Waals surface area contributed by atoms with Crippen molar-refractivity contribution in [2.45, 2.75) is 20.3 Å². The third-order valence-corrected chi connectivity index (χ3v) is 4.39. The summed E-state index contributed by atoms with van der Waals surface area (Å²) < 4.78 is 0. The molecule has 3 aromatic rings. The first-order valence-electron chi connectivity index (χ1n) is 9.59. The Balaban J connectivity index is 0.00000300. The van der Waals surface area contributed by atoms with Gasteiger partial charge in [-0.15, -0.1) is 24.0 Å². The Hall–Kier alpha value is -2.55. The lowest BCUT2D eigenvalue weighted by atomic mass is 10.1. The molecule has 0 aliphatic rings. The molecule has 29 heavy (non-hydrogen) atoms. The Morgan fingerprint density at radius 2 is 1.90 bits per heavy atom. The molecule has 0 radical (unpaired) electrons. The van der Waals surface area contributed by atoms with Gasteiger partial charge in [0.2, 0.25) is 5.91 Å². The highest BCUT2D eigenvalue weighted by Crippen LogP contribution is 2.19. The number of anilines is 1. The van der Waals surface area contributed by atoms with Crippen LogP contribution in [-0.4, -0.2) is 36.5 Å². The largest absolute Gasteiger partial charge is 0.361 e. The summed E-state index contributed by atoms with van der Waals surface area (Å²) in [7, 11) is 0. The standard InChI is InChI=1S/C22H27N5O.HI/c1-3-23-22(26-15-21(28)27-18-7-5-4-6-8-18)24-12-11-17-14-25-20-13-16(2)9-10-19(17)20;/h4-10,13-14,25H,3,11-12,15H2,1-2H3,(H,27,28)(H2,23,24,26);1H. The molecular weight excluding hydrogens is 477 g/mol. The van der Waals surface area contributed by atoms with Gasteiger partial charge in [-0.2, -0.15) is 0 Å². The van der Waals surface area contributed by atoms with Gasteiger partial charge < -0.3 is 20.9 Å². The number of benzene rings is 2. The van der Waals surface area contributed by atoms with E-state index in [4.69, 9.17) is 0 Å². The molecule has 154 valence electrons. The van der Waals surface area contributed by atoms with Crippen LogP contribution in [0.2, 0.25) is 0 Å². The summed E-state index contributed by atoms with van der Waals surface area (Å²) in [6.45, 7) is 5.62. The molecule has 2 aromatic carbocycles. The quantitative estimate of drug-likeness (QED) is 0.224. The highest BCUT2D eigenvalue weighted by molar-refractivity contribution is 14.0. The molecule has 7 heteroatoms. The SMILES string of the molecule is CCNC(=NCC(=O)Nc1ccccc1)NCCc1c[nH]c2cc(C)ccc12.I. The smallest absolute Gasteiger partial charge is 0.246 e. The van der Waals surface area contributed by atoms with Gasteiger partial charge in [0.1, 0.15) is 6.54 Å². The van der Waals surface area contributed by atoms with Gasteiger partial charge in [0, 0.05) is 35.9 Å². The molecule has 1 amide bonds. The van der Waals surface area contributed by atoms with Crippen LogP contribution in [0.25, 0.3) is 10.9 Å². The van der Waals surface area contributed by atoms with Crippen molar-refractivity contribution in [1.29, 1.82) is 0 Å². The van der Waals surface area contributed by atoms with E-state index in [-0.39, 0.29) is 36.4 Å². The average molecular weight is 505 g/mol. The molecule has 6 nitrogen and oxygen atoms in total. The number of amides is 1. The lowest BCUT2D eigenvalue weighted by molar-refractivity contribution is -0.114. The summed E-state index contributed by atoms with van der Waals surface area (Å²) in [5.41, 5.74) is 4.44. The molecule has 4 N–H and O–H groups in total. The number of para-hydroxylation sites is 1. The predicted octanol–water partition coefficient (Wildman–Crippen LogP) is 3.83. The van der Waals surface area contributed by atoms with Crippen LogP contribution >= 0.6 is 24.0 Å². The molecule has 1 heterocycles. The second kappa shape index (κ2) is 11.5. The van der Waals surface area contributed by atoms with Crippen LogP contribution in [0.4, 0.5) is 5.69 Å². The van der Waals surface area contributed by atoms with Gasteiger partial charge in [-0.1, -0.05) is 30.3 Å². The number of aromatic amines is 1. The van der Waals surface area contributed by atoms with E-state index in [1.54, 1.807) is 0 Å². The van der Waals surface area contributed by atoms with E-state index >= 15 is 0 Å². The van der Waals surface area contributed by atoms with Gasteiger partial charge >= 0.3 is 0 Å². The number of hydrogen-bond acceptors (Lipinski definition) is 2. The first-order valence-corrected chi connectivity index (χ1v) is 9.59. The number of aliphatic imine (C=N–C) groups is 1. The van der Waals surface area contributed by atoms with Gasteiger partial charge in [0.05, 0.1) is 0 Å². The van der Waals surface area contributed by atoms with E-state index in [2.05, 4.69) is 57.2 Å². The molecule has 0 saturated carbocycles. The van der Waals surface area contributed by atoms with Crippen molar-refractivity contribution >= 4 is 52.4 Å². The van der Waals surface area contributed by atoms with Crippen molar-refractivity contribution in [2.24, 2.45) is 4.99 Å². The van der Waals surface area contributed by atoms with Crippen molar-refractivity contribution in [3.63, 3.8) is 0 Å². The Morgan fingerprint density at radius 3 is 2.66 bits per heavy atom. The first-order chi connectivity index (χ1) is 13.7. The van der Waals surface area contributed by atoms with Crippen molar-refractivity contribution in [3.8, 4) is 0 Å². The van der Waals surface area contributed by atoms with Crippen LogP contribution in [0, 0.1) is 6.92 Å². The maximum Gasteiger partial charge on any atom is 0.246 e. The van der Waals surface area contributed by atoms with Gasteiger partial charge in [0.15, 0.2) is 5.96 Å². The number of carbonyl (C=O) groups is 1. The highest BCUT2D eigenvalue weighted by atomic mass is 127. The first kappa shape index (κ1) is 22.7. The van der Waals surface area contributed by atoms with Crippen molar-refractivity contribution in [1.82, 2.24) is 15.6 Å². The highest BCUT2D eigenvalue weighted by Gasteiger charge is 2.06. The lowest BCUT2D eigenvalue weighted by Crippen LogP contribution is -2.39. The number of aromatic nitrogens is 1. The number of H-pyrrole nitrogens is 1. The molecule has 0 atom stereocenters. The Morgan fingerprint density at radius 1 is 1.10 bits per heavy atom. The number of nitrogens with zero attached hydrogens (tertiary/aromatic N) is 1. The number of aryl methyl sites for hydroxylation is 1. The minimum Gasteiger partial charge on any atom is -0.361 e. The fraction of sp³-hybridized carbons (Fsp3) is 0.273. The number of hydrogen-bond donors (Lipinski definition) is 4. The maximum atomic E-state index is 12.1. The van der Waals surface area contributed by atoms with Crippen molar-refractivity contribution in [2.75, 3.05) is 25.0 Å². The second-order valence-electron chi connectivity index (χ2n) is 6.65. The summed E-state index contributed by atoms with van der Waals surface area (Å²) in [6, 6.07) is 15.8. The maximum absolute atomic E-state index is 12.1. The summed E-state index contributed by atoms with van der Waals surface area (Å²) in [6.07, 6.45) is 2.92. The van der Waals surface area contributed by atoms with E-state index in [1.807, 2.05) is 37.3 Å². The summed E-state index contributed by atoms with van der Waals surface area (Å²) in [5.74, 6) is 0.497. The summed E-state index contributed by atoms with van der Waals surface area (Å²) in [4.78, 5) is 19.8. The molecule has 0 unspecified atom stereocenters. The van der Waals surface area contributed by atoms with E-state index in [0.29, 0.717) is 5.96 Å². The van der Waals surface area contributed by atoms with E-state index < -0.39 is 0 Å². The molecule has 0 spiro atoms. The second-order valence-corrected chi connectivity index (χ2v) is 6.65. The van der Waals surface area contributed by atoms with Crippen LogP contribution in [-0.2, 0) is 11.2 Å².